The van der Waals surface area contributed by atoms with Crippen LogP contribution in [0.1, 0.15) is 72.1 Å². The van der Waals surface area contributed by atoms with Crippen LogP contribution in [0.25, 0.3) is 0 Å². The van der Waals surface area contributed by atoms with Crippen LogP contribution in [0.15, 0.2) is 0 Å². The second-order valence-electron chi connectivity index (χ2n) is 6.46. The number of unbranched alkanes of at least 4 members (excludes halogenated alkanes) is 5. The standard InChI is InChI=1S/C15H31NO3P2S3/c1-4-7-8-9-10-11-12-16-13(17)15(20-22,21-23)14(5-2,6-3)24(16,18)19/h4-12,20-21H2,1-3H3. The Labute approximate surface area is 159 Å². The van der Waals surface area contributed by atoms with Crippen molar-refractivity contribution in [2.24, 2.45) is 0 Å². The normalized spacial score (nSPS) is 26.3. The van der Waals surface area contributed by atoms with Crippen LogP contribution in [-0.2, 0) is 38.4 Å². The second-order valence-corrected chi connectivity index (χ2v) is 13.0. The van der Waals surface area contributed by atoms with E-state index in [0.29, 0.717) is 19.4 Å². The van der Waals surface area contributed by atoms with Gasteiger partial charge in [0.1, 0.15) is 9.64 Å². The van der Waals surface area contributed by atoms with Gasteiger partial charge in [0.25, 0.3) is 5.91 Å². The van der Waals surface area contributed by atoms with Gasteiger partial charge in [-0.1, -0.05) is 52.9 Å². The van der Waals surface area contributed by atoms with E-state index in [1.165, 1.54) is 19.3 Å². The summed E-state index contributed by atoms with van der Waals surface area (Å²) in [6, 6.07) is 0. The first-order chi connectivity index (χ1) is 11.3. The minimum absolute atomic E-state index is 0.283. The summed E-state index contributed by atoms with van der Waals surface area (Å²) in [4.78, 5) is 12.1. The van der Waals surface area contributed by atoms with E-state index in [1.54, 1.807) is 0 Å². The van der Waals surface area contributed by atoms with Gasteiger partial charge in [-0.25, -0.2) is 12.7 Å². The third-order valence-corrected chi connectivity index (χ3v) is 15.6. The lowest BCUT2D eigenvalue weighted by molar-refractivity contribution is -0.126. The van der Waals surface area contributed by atoms with Crippen molar-refractivity contribution in [1.82, 2.24) is 4.31 Å². The first kappa shape index (κ1) is 22.8. The number of sulfonamides is 1. The number of nitrogens with zero attached hydrogens (tertiary/aromatic N) is 1. The SMILES string of the molecule is CCCCCCCCN1C(=O)C([PH2]=S)([PH2]=S)C(CC)(CC)S1(=O)=O. The van der Waals surface area contributed by atoms with Gasteiger partial charge >= 0.3 is 0 Å². The quantitative estimate of drug-likeness (QED) is 0.370. The summed E-state index contributed by atoms with van der Waals surface area (Å²) in [7, 11) is -5.13. The van der Waals surface area contributed by atoms with Crippen molar-refractivity contribution in [3.05, 3.63) is 0 Å². The Kier molecular flexibility index (Phi) is 9.10. The molecule has 2 unspecified atom stereocenters. The molecule has 142 valence electrons. The Bertz CT molecular complexity index is 569. The highest BCUT2D eigenvalue weighted by Gasteiger charge is 2.68. The van der Waals surface area contributed by atoms with E-state index in [9.17, 15) is 13.2 Å². The zero-order valence-corrected chi connectivity index (χ0v) is 19.7. The average molecular weight is 432 g/mol. The third-order valence-electron chi connectivity index (χ3n) is 5.35. The van der Waals surface area contributed by atoms with Gasteiger partial charge in [0.2, 0.25) is 10.0 Å². The van der Waals surface area contributed by atoms with Crippen molar-refractivity contribution < 1.29 is 13.2 Å². The molecular weight excluding hydrogens is 400 g/mol. The molecule has 0 bridgehead atoms. The number of amides is 1. The maximum atomic E-state index is 13.2. The Morgan fingerprint density at radius 2 is 1.46 bits per heavy atom. The molecule has 0 aromatic rings. The summed E-state index contributed by atoms with van der Waals surface area (Å²) in [5.74, 6) is -0.283. The predicted octanol–water partition coefficient (Wildman–Crippen LogP) is 3.52. The van der Waals surface area contributed by atoms with Crippen LogP contribution < -0.4 is 0 Å². The van der Waals surface area contributed by atoms with E-state index in [0.717, 1.165) is 23.6 Å². The highest BCUT2D eigenvalue weighted by atomic mass is 32.4. The number of carbonyl (C=O) groups excluding carboxylic acids is 1. The largest absolute Gasteiger partial charge is 0.272 e. The highest BCUT2D eigenvalue weighted by molar-refractivity contribution is 8.08. The van der Waals surface area contributed by atoms with Crippen LogP contribution in [0.4, 0.5) is 0 Å². The monoisotopic (exact) mass is 431 g/mol. The van der Waals surface area contributed by atoms with E-state index in [1.807, 2.05) is 13.8 Å². The van der Waals surface area contributed by atoms with Crippen molar-refractivity contribution in [3.8, 4) is 0 Å². The summed E-state index contributed by atoms with van der Waals surface area (Å²) >= 11 is 10.7. The van der Waals surface area contributed by atoms with Crippen LogP contribution in [0.5, 0.6) is 0 Å². The fourth-order valence-electron chi connectivity index (χ4n) is 3.74. The molecule has 0 spiro atoms. The van der Waals surface area contributed by atoms with Gasteiger partial charge in [-0.05, 0) is 34.0 Å². The molecule has 1 saturated heterocycles. The molecule has 1 aliphatic rings. The minimum Gasteiger partial charge on any atom is -0.272 e. The topological polar surface area (TPSA) is 54.5 Å². The maximum absolute atomic E-state index is 13.2. The van der Waals surface area contributed by atoms with Crippen molar-refractivity contribution in [3.63, 3.8) is 0 Å². The molecule has 0 aromatic carbocycles. The molecule has 1 fully saturated rings. The Balaban J connectivity index is 3.05. The molecule has 9 heteroatoms. The van der Waals surface area contributed by atoms with Gasteiger partial charge < -0.3 is 0 Å². The van der Waals surface area contributed by atoms with Gasteiger partial charge in [0, 0.05) is 6.54 Å². The first-order valence-corrected chi connectivity index (χ1v) is 15.2. The average Bonchev–Trinajstić information content (AvgIpc) is 2.71. The van der Waals surface area contributed by atoms with E-state index in [4.69, 9.17) is 23.6 Å². The van der Waals surface area contributed by atoms with Crippen LogP contribution in [0, 0.1) is 0 Å². The maximum Gasteiger partial charge on any atom is 0.253 e. The summed E-state index contributed by atoms with van der Waals surface area (Å²) in [5.41, 5.74) is 0. The fourth-order valence-corrected chi connectivity index (χ4v) is 14.0. The summed E-state index contributed by atoms with van der Waals surface area (Å²) in [6.45, 7) is 6.16. The first-order valence-electron chi connectivity index (χ1n) is 8.84. The third kappa shape index (κ3) is 3.58. The lowest BCUT2D eigenvalue weighted by atomic mass is 9.96. The molecule has 0 N–H and O–H groups in total. The van der Waals surface area contributed by atoms with Crippen LogP contribution in [0.3, 0.4) is 0 Å². The molecule has 1 amide bonds. The number of rotatable bonds is 11. The Morgan fingerprint density at radius 3 is 1.88 bits per heavy atom. The Morgan fingerprint density at radius 1 is 0.958 bits per heavy atom. The van der Waals surface area contributed by atoms with Crippen molar-refractivity contribution >= 4 is 54.3 Å². The lowest BCUT2D eigenvalue weighted by Gasteiger charge is -2.35. The van der Waals surface area contributed by atoms with Crippen molar-refractivity contribution in [1.29, 1.82) is 0 Å². The molecule has 2 atom stereocenters. The predicted molar refractivity (Wildman–Crippen MR) is 114 cm³/mol. The molecule has 4 nitrogen and oxygen atoms in total. The second kappa shape index (κ2) is 9.60. The minimum atomic E-state index is -3.68. The fraction of sp³-hybridized carbons (Fsp3) is 0.933. The van der Waals surface area contributed by atoms with Gasteiger partial charge in [-0.15, -0.1) is 23.6 Å². The van der Waals surface area contributed by atoms with Gasteiger partial charge in [-0.3, -0.25) is 4.79 Å². The summed E-state index contributed by atoms with van der Waals surface area (Å²) in [5, 5.41) is 0. The molecule has 0 aromatic heterocycles. The lowest BCUT2D eigenvalue weighted by Crippen LogP contribution is -2.48. The highest BCUT2D eigenvalue weighted by Crippen LogP contribution is 2.58. The van der Waals surface area contributed by atoms with Crippen molar-refractivity contribution in [2.45, 2.75) is 81.8 Å². The molecule has 0 radical (unpaired) electrons. The molecule has 0 aliphatic carbocycles. The van der Waals surface area contributed by atoms with Gasteiger partial charge in [0.15, 0.2) is 0 Å². The summed E-state index contributed by atoms with van der Waals surface area (Å²) < 4.78 is 26.5. The molecular formula is C15H31NO3P2S3. The molecule has 1 rings (SSSR count). The molecule has 24 heavy (non-hydrogen) atoms. The number of carbonyl (C=O) groups is 1. The molecule has 1 aliphatic heterocycles. The van der Waals surface area contributed by atoms with Crippen LogP contribution in [-0.4, -0.2) is 34.8 Å². The molecule has 1 heterocycles. The van der Waals surface area contributed by atoms with Gasteiger partial charge in [0.05, 0.1) is 0 Å². The Hall–Kier alpha value is 0.720. The zero-order chi connectivity index (χ0) is 18.4. The number of hydrogen-bond donors (Lipinski definition) is 0. The van der Waals surface area contributed by atoms with Crippen LogP contribution in [0.2, 0.25) is 0 Å². The zero-order valence-electron chi connectivity index (χ0n) is 14.9. The van der Waals surface area contributed by atoms with E-state index in [2.05, 4.69) is 6.92 Å². The van der Waals surface area contributed by atoms with E-state index < -0.39 is 34.4 Å². The number of hydrogen-bond acceptors (Lipinski definition) is 5. The molecule has 0 saturated carbocycles. The van der Waals surface area contributed by atoms with E-state index in [-0.39, 0.29) is 5.91 Å². The van der Waals surface area contributed by atoms with Gasteiger partial charge in [-0.2, -0.15) is 0 Å². The van der Waals surface area contributed by atoms with Crippen molar-refractivity contribution in [2.75, 3.05) is 6.54 Å². The summed E-state index contributed by atoms with van der Waals surface area (Å²) in [6.07, 6.45) is 7.16. The van der Waals surface area contributed by atoms with E-state index >= 15 is 0 Å². The smallest absolute Gasteiger partial charge is 0.253 e. The van der Waals surface area contributed by atoms with Crippen LogP contribution >= 0.6 is 14.7 Å².